The van der Waals surface area contributed by atoms with E-state index in [0.29, 0.717) is 0 Å². The van der Waals surface area contributed by atoms with Crippen LogP contribution in [-0.2, 0) is 17.1 Å². The molecule has 3 nitrogen and oxygen atoms in total. The molecule has 0 fully saturated rings. The van der Waals surface area contributed by atoms with Crippen LogP contribution in [0.1, 0.15) is 13.8 Å². The van der Waals surface area contributed by atoms with Gasteiger partial charge in [0.25, 0.3) is 0 Å². The number of carbonyl (C=O) groups is 1. The molecule has 0 unspecified atom stereocenters. The van der Waals surface area contributed by atoms with E-state index in [1.54, 1.807) is 0 Å². The van der Waals surface area contributed by atoms with Crippen LogP contribution in [0.3, 0.4) is 0 Å². The summed E-state index contributed by atoms with van der Waals surface area (Å²) in [5.74, 6) is 0. The van der Waals surface area contributed by atoms with Gasteiger partial charge in [-0.05, 0) is 0 Å². The number of carboxylic acid groups (broad SMARTS) is 1. The fourth-order valence-corrected chi connectivity index (χ4v) is 2.19. The Labute approximate surface area is 84.2 Å². The number of thiol groups is 1. The Morgan fingerprint density at radius 3 is 2.09 bits per heavy atom. The van der Waals surface area contributed by atoms with Crippen molar-refractivity contribution >= 4 is 28.7 Å². The van der Waals surface area contributed by atoms with Crippen LogP contribution in [-0.4, -0.2) is 11.2 Å². The molecule has 0 saturated carbocycles. The van der Waals surface area contributed by atoms with Crippen LogP contribution in [0.5, 0.6) is 0 Å². The zero-order valence-corrected chi connectivity index (χ0v) is 11.5. The molecule has 1 amide bonds. The van der Waals surface area contributed by atoms with Crippen molar-refractivity contribution in [3.63, 3.8) is 0 Å². The predicted octanol–water partition coefficient (Wildman–Crippen LogP) is 2.69. The van der Waals surface area contributed by atoms with Crippen LogP contribution in [0.2, 0.25) is 10.0 Å². The number of hydrogen-bond donors (Lipinski definition) is 3. The molecule has 0 aromatic carbocycles. The molecule has 0 aromatic heterocycles. The molecule has 0 saturated heterocycles. The van der Waals surface area contributed by atoms with Gasteiger partial charge in [0.1, 0.15) is 0 Å². The Morgan fingerprint density at radius 1 is 1.64 bits per heavy atom. The van der Waals surface area contributed by atoms with E-state index in [4.69, 9.17) is 5.11 Å². The van der Waals surface area contributed by atoms with Crippen LogP contribution >= 0.6 is 22.6 Å². The van der Waals surface area contributed by atoms with Gasteiger partial charge in [0.2, 0.25) is 0 Å². The first-order valence-electron chi connectivity index (χ1n) is 3.48. The maximum absolute atomic E-state index is 9.42. The molecular formula is C5H13NO2S2Zn. The average molecular weight is 249 g/mol. The molecule has 0 heterocycles. The molecule has 6 heteroatoms. The SMILES string of the molecule is C[CH2][Zn][CH2]C.O=C(O)NSS. The van der Waals surface area contributed by atoms with Gasteiger partial charge in [-0.3, -0.25) is 4.72 Å². The Hall–Kier alpha value is 0.593. The summed E-state index contributed by atoms with van der Waals surface area (Å²) in [6.45, 7) is 4.59. The van der Waals surface area contributed by atoms with Gasteiger partial charge in [-0.15, -0.1) is 0 Å². The van der Waals surface area contributed by atoms with Gasteiger partial charge in [0.05, 0.1) is 0 Å². The molecule has 0 radical (unpaired) electrons. The maximum atomic E-state index is 9.42. The summed E-state index contributed by atoms with van der Waals surface area (Å²) in [5.41, 5.74) is 0. The topological polar surface area (TPSA) is 49.3 Å². The molecule has 0 rings (SSSR count). The van der Waals surface area contributed by atoms with Gasteiger partial charge in [0.15, 0.2) is 0 Å². The fraction of sp³-hybridized carbons (Fsp3) is 0.800. The minimum atomic E-state index is -1.07. The third kappa shape index (κ3) is 25.0. The minimum absolute atomic E-state index is 0.0972. The van der Waals surface area contributed by atoms with E-state index in [1.165, 1.54) is 10.0 Å². The van der Waals surface area contributed by atoms with E-state index in [0.717, 1.165) is 11.0 Å². The summed E-state index contributed by atoms with van der Waals surface area (Å²) < 4.78 is 1.91. The minimum Gasteiger partial charge on any atom is -0.464 e. The van der Waals surface area contributed by atoms with E-state index in [-0.39, 0.29) is 17.1 Å². The fourth-order valence-electron chi connectivity index (χ4n) is 0.393. The number of rotatable bonds is 3. The van der Waals surface area contributed by atoms with Crippen LogP contribution in [0.25, 0.3) is 0 Å². The first-order chi connectivity index (χ1) is 5.18. The summed E-state index contributed by atoms with van der Waals surface area (Å²) in [5, 5.41) is 10.8. The first kappa shape index (κ1) is 14.1. The second kappa shape index (κ2) is 13.2. The molecule has 64 valence electrons. The normalized spacial score (nSPS) is 7.18. The number of amides is 1. The molecule has 0 aliphatic heterocycles. The average Bonchev–Trinajstić information content (AvgIpc) is 1.90. The number of nitrogens with one attached hydrogen (secondary N) is 1. The van der Waals surface area contributed by atoms with E-state index >= 15 is 0 Å². The van der Waals surface area contributed by atoms with E-state index < -0.39 is 6.09 Å². The summed E-state index contributed by atoms with van der Waals surface area (Å²) in [6, 6.07) is 0. The van der Waals surface area contributed by atoms with Gasteiger partial charge in [0, 0.05) is 11.0 Å². The van der Waals surface area contributed by atoms with Gasteiger partial charge >= 0.3 is 47.1 Å². The van der Waals surface area contributed by atoms with Gasteiger partial charge in [-0.1, -0.05) is 11.7 Å². The Morgan fingerprint density at radius 2 is 2.09 bits per heavy atom. The van der Waals surface area contributed by atoms with E-state index in [2.05, 4.69) is 25.5 Å². The molecule has 11 heavy (non-hydrogen) atoms. The van der Waals surface area contributed by atoms with Gasteiger partial charge in [-0.2, -0.15) is 0 Å². The summed E-state index contributed by atoms with van der Waals surface area (Å²) >= 11 is 3.58. The molecule has 0 aliphatic rings. The third-order valence-corrected chi connectivity index (χ3v) is 4.35. The van der Waals surface area contributed by atoms with Crippen molar-refractivity contribution in [2.24, 2.45) is 0 Å². The quantitative estimate of drug-likeness (QED) is 0.312. The monoisotopic (exact) mass is 247 g/mol. The third-order valence-electron chi connectivity index (χ3n) is 0.840. The summed E-state index contributed by atoms with van der Waals surface area (Å²) in [4.78, 5) is 9.42. The molecule has 0 aromatic rings. The largest absolute Gasteiger partial charge is 0.464 e. The van der Waals surface area contributed by atoms with Crippen molar-refractivity contribution < 1.29 is 27.0 Å². The standard InChI is InChI=1S/2C2H5.CH3NO2S2.Zn/c2*1-2;3-1(4)2-6-5;/h2*1H2,2H3;2,5H,(H,3,4);. The van der Waals surface area contributed by atoms with Crippen LogP contribution in [0.4, 0.5) is 4.79 Å². The molecular weight excluding hydrogens is 236 g/mol. The van der Waals surface area contributed by atoms with Crippen molar-refractivity contribution in [1.29, 1.82) is 0 Å². The molecule has 0 atom stereocenters. The van der Waals surface area contributed by atoms with Crippen molar-refractivity contribution in [2.75, 3.05) is 0 Å². The first-order valence-corrected chi connectivity index (χ1v) is 9.54. The van der Waals surface area contributed by atoms with E-state index in [9.17, 15) is 4.79 Å². The van der Waals surface area contributed by atoms with Crippen LogP contribution in [0, 0.1) is 0 Å². The smallest absolute Gasteiger partial charge is 0.415 e. The molecule has 0 aliphatic carbocycles. The van der Waals surface area contributed by atoms with Crippen LogP contribution < -0.4 is 4.72 Å². The van der Waals surface area contributed by atoms with Crippen molar-refractivity contribution in [3.8, 4) is 0 Å². The Bertz CT molecular complexity index is 92.6. The zero-order chi connectivity index (χ0) is 9.11. The molecule has 0 spiro atoms. The van der Waals surface area contributed by atoms with Crippen molar-refractivity contribution in [1.82, 2.24) is 4.72 Å². The van der Waals surface area contributed by atoms with Gasteiger partial charge in [-0.25, -0.2) is 4.79 Å². The summed E-state index contributed by atoms with van der Waals surface area (Å²) in [7, 11) is 0.755. The predicted molar refractivity (Wildman–Crippen MR) is 48.7 cm³/mol. The summed E-state index contributed by atoms with van der Waals surface area (Å²) in [6.07, 6.45) is -1.07. The molecule has 2 N–H and O–H groups in total. The second-order valence-electron chi connectivity index (χ2n) is 1.85. The second-order valence-corrected chi connectivity index (χ2v) is 8.47. The number of hydrogen-bond acceptors (Lipinski definition) is 3. The van der Waals surface area contributed by atoms with E-state index in [1.807, 2.05) is 4.72 Å². The van der Waals surface area contributed by atoms with Crippen molar-refractivity contribution in [3.05, 3.63) is 0 Å². The Balaban J connectivity index is 0. The molecule has 0 bridgehead atoms. The van der Waals surface area contributed by atoms with Gasteiger partial charge < -0.3 is 5.11 Å². The Kier molecular flexibility index (Phi) is 17.0. The van der Waals surface area contributed by atoms with Crippen molar-refractivity contribution in [2.45, 2.75) is 23.9 Å². The maximum Gasteiger partial charge on any atom is 0.415 e. The zero-order valence-electron chi connectivity index (χ0n) is 6.83. The van der Waals surface area contributed by atoms with Crippen LogP contribution in [0.15, 0.2) is 0 Å².